The van der Waals surface area contributed by atoms with Crippen molar-refractivity contribution in [1.82, 2.24) is 0 Å². The van der Waals surface area contributed by atoms with Gasteiger partial charge in [-0.25, -0.2) is 0 Å². The van der Waals surface area contributed by atoms with Gasteiger partial charge in [-0.15, -0.1) is 0 Å². The van der Waals surface area contributed by atoms with Crippen LogP contribution in [-0.2, 0) is 22.5 Å². The van der Waals surface area contributed by atoms with Gasteiger partial charge in [0.25, 0.3) is 0 Å². The van der Waals surface area contributed by atoms with Crippen LogP contribution in [0.4, 0.5) is 0 Å². The van der Waals surface area contributed by atoms with Gasteiger partial charge in [-0.3, -0.25) is 4.79 Å². The zero-order chi connectivity index (χ0) is 27.6. The molecule has 2 unspecified atom stereocenters. The molecule has 2 rings (SSSR count). The summed E-state index contributed by atoms with van der Waals surface area (Å²) in [7, 11) is 4.33. The molecule has 38 heavy (non-hydrogen) atoms. The van der Waals surface area contributed by atoms with Gasteiger partial charge in [0, 0.05) is 5.56 Å². The van der Waals surface area contributed by atoms with E-state index in [1.165, 1.54) is 68.9 Å². The van der Waals surface area contributed by atoms with Gasteiger partial charge in [0.2, 0.25) is 0 Å². The normalized spacial score (nSPS) is 13.2. The highest BCUT2D eigenvalue weighted by molar-refractivity contribution is 5.72. The number of hydrogen-bond donors (Lipinski definition) is 0. The van der Waals surface area contributed by atoms with E-state index in [0.717, 1.165) is 36.2 Å². The van der Waals surface area contributed by atoms with Crippen molar-refractivity contribution in [2.75, 3.05) is 27.2 Å². The molecule has 0 amide bonds. The Balaban J connectivity index is 1.71. The van der Waals surface area contributed by atoms with Crippen LogP contribution in [0.5, 0.6) is 5.75 Å². The lowest BCUT2D eigenvalue weighted by molar-refractivity contribution is -0.905. The van der Waals surface area contributed by atoms with Crippen molar-refractivity contribution in [2.45, 2.75) is 104 Å². The molecule has 0 radical (unpaired) electrons. The maximum Gasteiger partial charge on any atom is 0.314 e. The maximum atomic E-state index is 12.8. The summed E-state index contributed by atoms with van der Waals surface area (Å²) < 4.78 is 12.7. The van der Waals surface area contributed by atoms with Crippen LogP contribution in [0.2, 0.25) is 0 Å². The molecule has 0 fully saturated rings. The number of hydrogen-bond acceptors (Lipinski definition) is 3. The predicted octanol–water partition coefficient (Wildman–Crippen LogP) is 8.37. The number of benzene rings is 2. The highest BCUT2D eigenvalue weighted by Crippen LogP contribution is 2.19. The van der Waals surface area contributed by atoms with Crippen LogP contribution in [0.3, 0.4) is 0 Å². The fraction of sp³-hybridized carbons (Fsp3) is 0.618. The monoisotopic (exact) mass is 524 g/mol. The Morgan fingerprint density at radius 1 is 0.816 bits per heavy atom. The zero-order valence-corrected chi connectivity index (χ0v) is 24.9. The molecule has 4 heteroatoms. The van der Waals surface area contributed by atoms with Crippen molar-refractivity contribution >= 4 is 5.97 Å². The average Bonchev–Trinajstić information content (AvgIpc) is 2.90. The van der Waals surface area contributed by atoms with Crippen molar-refractivity contribution in [1.29, 1.82) is 0 Å². The molecule has 0 N–H and O–H groups in total. The Hall–Kier alpha value is -2.33. The molecule has 0 aliphatic heterocycles. The Bertz CT molecular complexity index is 896. The topological polar surface area (TPSA) is 35.5 Å². The SMILES string of the molecule is CCCCCCCCCCCc1cccc(OC(CC)COC(=O)C(C)C[N+](C)(C)Cc2ccccc2)c1. The second-order valence-electron chi connectivity index (χ2n) is 11.7. The van der Waals surface area contributed by atoms with Crippen molar-refractivity contribution in [3.8, 4) is 5.75 Å². The van der Waals surface area contributed by atoms with E-state index in [9.17, 15) is 4.79 Å². The maximum absolute atomic E-state index is 12.8. The van der Waals surface area contributed by atoms with Gasteiger partial charge in [0.05, 0.1) is 20.6 Å². The highest BCUT2D eigenvalue weighted by atomic mass is 16.6. The summed E-state index contributed by atoms with van der Waals surface area (Å²) in [4.78, 5) is 12.8. The molecule has 0 spiro atoms. The predicted molar refractivity (Wildman–Crippen MR) is 159 cm³/mol. The molecule has 0 aromatic heterocycles. The lowest BCUT2D eigenvalue weighted by atomic mass is 10.0. The van der Waals surface area contributed by atoms with Gasteiger partial charge >= 0.3 is 5.97 Å². The van der Waals surface area contributed by atoms with E-state index in [0.29, 0.717) is 0 Å². The summed E-state index contributed by atoms with van der Waals surface area (Å²) in [6, 6.07) is 18.9. The Morgan fingerprint density at radius 3 is 2.11 bits per heavy atom. The molecule has 4 nitrogen and oxygen atoms in total. The van der Waals surface area contributed by atoms with Crippen LogP contribution in [0.1, 0.15) is 96.1 Å². The van der Waals surface area contributed by atoms with Gasteiger partial charge in [0.1, 0.15) is 30.9 Å². The second kappa shape index (κ2) is 18.0. The van der Waals surface area contributed by atoms with Crippen molar-refractivity contribution in [3.63, 3.8) is 0 Å². The molecular formula is C34H54NO3+. The van der Waals surface area contributed by atoms with Crippen molar-refractivity contribution < 1.29 is 18.8 Å². The number of carbonyl (C=O) groups is 1. The van der Waals surface area contributed by atoms with E-state index in [-0.39, 0.29) is 24.6 Å². The fourth-order valence-corrected chi connectivity index (χ4v) is 5.12. The number of unbranched alkanes of at least 4 members (excludes halogenated alkanes) is 8. The molecule has 212 valence electrons. The number of carbonyl (C=O) groups excluding carboxylic acids is 1. The number of ether oxygens (including phenoxy) is 2. The molecule has 2 atom stereocenters. The third kappa shape index (κ3) is 13.5. The van der Waals surface area contributed by atoms with Crippen LogP contribution >= 0.6 is 0 Å². The van der Waals surface area contributed by atoms with Crippen LogP contribution in [0.25, 0.3) is 0 Å². The van der Waals surface area contributed by atoms with Crippen LogP contribution in [0, 0.1) is 5.92 Å². The summed E-state index contributed by atoms with van der Waals surface area (Å²) in [6.07, 6.45) is 13.8. The average molecular weight is 525 g/mol. The molecular weight excluding hydrogens is 470 g/mol. The van der Waals surface area contributed by atoms with Crippen LogP contribution < -0.4 is 4.74 Å². The van der Waals surface area contributed by atoms with Crippen molar-refractivity contribution in [2.24, 2.45) is 5.92 Å². The fourth-order valence-electron chi connectivity index (χ4n) is 5.12. The molecule has 0 saturated heterocycles. The first-order chi connectivity index (χ1) is 18.3. The lowest BCUT2D eigenvalue weighted by Gasteiger charge is -2.32. The quantitative estimate of drug-likeness (QED) is 0.0991. The van der Waals surface area contributed by atoms with E-state index in [4.69, 9.17) is 9.47 Å². The first-order valence-electron chi connectivity index (χ1n) is 15.1. The van der Waals surface area contributed by atoms with E-state index < -0.39 is 0 Å². The number of quaternary nitrogens is 1. The third-order valence-electron chi connectivity index (χ3n) is 7.26. The largest absolute Gasteiger partial charge is 0.487 e. The van der Waals surface area contributed by atoms with E-state index in [1.54, 1.807) is 0 Å². The van der Waals surface area contributed by atoms with Gasteiger partial charge in [-0.2, -0.15) is 0 Å². The molecule has 0 aliphatic carbocycles. The van der Waals surface area contributed by atoms with Gasteiger partial charge in [0.15, 0.2) is 0 Å². The molecule has 0 heterocycles. The van der Waals surface area contributed by atoms with Gasteiger partial charge in [-0.05, 0) is 43.9 Å². The van der Waals surface area contributed by atoms with Crippen LogP contribution in [-0.4, -0.2) is 43.8 Å². The first-order valence-corrected chi connectivity index (χ1v) is 15.1. The summed E-state index contributed by atoms with van der Waals surface area (Å²) in [6.45, 7) is 8.21. The third-order valence-corrected chi connectivity index (χ3v) is 7.26. The van der Waals surface area contributed by atoms with Crippen LogP contribution in [0.15, 0.2) is 54.6 Å². The Labute approximate surface area is 233 Å². The number of nitrogens with zero attached hydrogens (tertiary/aromatic N) is 1. The molecule has 0 bridgehead atoms. The van der Waals surface area contributed by atoms with E-state index >= 15 is 0 Å². The number of aryl methyl sites for hydroxylation is 1. The molecule has 0 saturated carbocycles. The summed E-state index contributed by atoms with van der Waals surface area (Å²) >= 11 is 0. The minimum absolute atomic E-state index is 0.138. The minimum atomic E-state index is -0.175. The second-order valence-corrected chi connectivity index (χ2v) is 11.7. The molecule has 2 aromatic rings. The molecule has 0 aliphatic rings. The van der Waals surface area contributed by atoms with Gasteiger partial charge in [-0.1, -0.05) is 108 Å². The van der Waals surface area contributed by atoms with Gasteiger partial charge < -0.3 is 14.0 Å². The Kier molecular flexibility index (Phi) is 15.1. The standard InChI is InChI=1S/C34H54NO3/c1-6-8-9-10-11-12-13-14-16-20-30-23-19-24-33(25-30)38-32(7-2)28-37-34(36)29(3)26-35(4,5)27-31-21-17-15-18-22-31/h15,17-19,21-25,29,32H,6-14,16,20,26-28H2,1-5H3/q+1. The first kappa shape index (κ1) is 31.9. The van der Waals surface area contributed by atoms with E-state index in [1.807, 2.05) is 19.1 Å². The minimum Gasteiger partial charge on any atom is -0.487 e. The Morgan fingerprint density at radius 2 is 1.45 bits per heavy atom. The number of rotatable bonds is 20. The highest BCUT2D eigenvalue weighted by Gasteiger charge is 2.26. The zero-order valence-electron chi connectivity index (χ0n) is 24.9. The smallest absolute Gasteiger partial charge is 0.314 e. The van der Waals surface area contributed by atoms with Crippen molar-refractivity contribution in [3.05, 3.63) is 65.7 Å². The van der Waals surface area contributed by atoms with E-state index in [2.05, 4.69) is 70.4 Å². The summed E-state index contributed by atoms with van der Waals surface area (Å²) in [5.74, 6) is 0.548. The molecule has 2 aromatic carbocycles. The summed E-state index contributed by atoms with van der Waals surface area (Å²) in [5.41, 5.74) is 2.60. The number of esters is 1. The summed E-state index contributed by atoms with van der Waals surface area (Å²) in [5, 5.41) is 0. The lowest BCUT2D eigenvalue weighted by Crippen LogP contribution is -2.44.